The van der Waals surface area contributed by atoms with Gasteiger partial charge in [0, 0.05) is 29.3 Å². The van der Waals surface area contributed by atoms with Gasteiger partial charge in [-0.15, -0.1) is 10.2 Å². The van der Waals surface area contributed by atoms with Gasteiger partial charge >= 0.3 is 11.9 Å². The number of carbonyl (C=O) groups excluding carboxylic acids is 5. The van der Waals surface area contributed by atoms with Crippen molar-refractivity contribution in [2.45, 2.75) is 19.5 Å². The van der Waals surface area contributed by atoms with E-state index in [0.29, 0.717) is 62.1 Å². The largest absolute Gasteiger partial charge is 0.493 e. The standard InChI is InChI=1S/C49H40N6O11/c1-61-39-18-16-29(15-17-38(56)34-24-41(62-2)47(64-4)42(25-34)63-3)23-40(39)66-49(60)33-12-7-9-30(21-33)26-54-28-35(50-52-54)19-20-65-48(59)32-11-8-10-31(22-32)27-55-44-43(51-53-55)45(57)36-13-5-6-14-37(36)46(44)58/h5-18,21-25,28H,19-20,26-27H2,1-4H3/b17-15+. The van der Waals surface area contributed by atoms with Gasteiger partial charge < -0.3 is 28.4 Å². The fraction of sp³-hybridized carbons (Fsp3) is 0.163. The lowest BCUT2D eigenvalue weighted by Gasteiger charge is -2.14. The van der Waals surface area contributed by atoms with Crippen LogP contribution in [0.4, 0.5) is 0 Å². The average Bonchev–Trinajstić information content (AvgIpc) is 3.98. The van der Waals surface area contributed by atoms with Crippen molar-refractivity contribution in [1.29, 1.82) is 0 Å². The van der Waals surface area contributed by atoms with Crippen molar-refractivity contribution in [3.05, 3.63) is 177 Å². The van der Waals surface area contributed by atoms with E-state index in [0.717, 1.165) is 5.56 Å². The zero-order chi connectivity index (χ0) is 46.3. The summed E-state index contributed by atoms with van der Waals surface area (Å²) < 4.78 is 35.8. The SMILES string of the molecule is COc1ccc(/C=C/C(=O)c2cc(OC)c(OC)c(OC)c2)cc1OC(=O)c1cccc(Cn2cc(CCOC(=O)c3cccc(Cn4nnc5c4C(=O)c4ccccc4C5=O)c3)nn2)c1. The average molecular weight is 889 g/mol. The van der Waals surface area contributed by atoms with Crippen molar-refractivity contribution >= 4 is 35.4 Å². The molecule has 1 aliphatic carbocycles. The first-order valence-corrected chi connectivity index (χ1v) is 20.4. The molecule has 0 aliphatic heterocycles. The number of hydrogen-bond donors (Lipinski definition) is 0. The molecule has 8 rings (SSSR count). The van der Waals surface area contributed by atoms with E-state index in [1.807, 2.05) is 6.07 Å². The molecule has 0 N–H and O–H groups in total. The van der Waals surface area contributed by atoms with Gasteiger partial charge in [-0.25, -0.2) is 19.0 Å². The van der Waals surface area contributed by atoms with Gasteiger partial charge in [0.25, 0.3) is 0 Å². The normalized spacial score (nSPS) is 11.8. The molecular formula is C49H40N6O11. The summed E-state index contributed by atoms with van der Waals surface area (Å²) in [5.74, 6) is -0.710. The molecule has 0 saturated heterocycles. The second-order valence-electron chi connectivity index (χ2n) is 14.8. The van der Waals surface area contributed by atoms with Crippen LogP contribution in [0.15, 0.2) is 115 Å². The first kappa shape index (κ1) is 43.9. The fourth-order valence-corrected chi connectivity index (χ4v) is 7.28. The van der Waals surface area contributed by atoms with Crippen molar-refractivity contribution in [2.75, 3.05) is 35.0 Å². The molecule has 0 bridgehead atoms. The number of allylic oxidation sites excluding steroid dienone is 1. The van der Waals surface area contributed by atoms with Crippen molar-refractivity contribution in [3.8, 4) is 28.7 Å². The van der Waals surface area contributed by atoms with Crippen molar-refractivity contribution in [1.82, 2.24) is 30.0 Å². The maximum atomic E-state index is 13.4. The molecule has 0 unspecified atom stereocenters. The maximum Gasteiger partial charge on any atom is 0.343 e. The van der Waals surface area contributed by atoms with Gasteiger partial charge in [0.2, 0.25) is 17.3 Å². The van der Waals surface area contributed by atoms with E-state index in [-0.39, 0.29) is 66.2 Å². The lowest BCUT2D eigenvalue weighted by atomic mass is 9.90. The van der Waals surface area contributed by atoms with Crippen LogP contribution in [0.3, 0.4) is 0 Å². The van der Waals surface area contributed by atoms with Crippen LogP contribution >= 0.6 is 0 Å². The predicted molar refractivity (Wildman–Crippen MR) is 236 cm³/mol. The number of methoxy groups -OCH3 is 4. The molecule has 0 saturated carbocycles. The molecule has 1 aliphatic rings. The van der Waals surface area contributed by atoms with E-state index < -0.39 is 11.9 Å². The molecular weight excluding hydrogens is 849 g/mol. The predicted octanol–water partition coefficient (Wildman–Crippen LogP) is 6.29. The molecule has 2 heterocycles. The quantitative estimate of drug-likeness (QED) is 0.0427. The Morgan fingerprint density at radius 3 is 1.97 bits per heavy atom. The highest BCUT2D eigenvalue weighted by atomic mass is 16.6. The van der Waals surface area contributed by atoms with Crippen LogP contribution in [0.1, 0.15) is 85.6 Å². The smallest absolute Gasteiger partial charge is 0.343 e. The molecule has 17 heteroatoms. The number of fused-ring (bicyclic) bond motifs is 2. The summed E-state index contributed by atoms with van der Waals surface area (Å²) in [6.07, 6.45) is 4.98. The van der Waals surface area contributed by atoms with Crippen LogP contribution < -0.4 is 23.7 Å². The Bertz CT molecular complexity index is 3040. The van der Waals surface area contributed by atoms with Crippen LogP contribution in [0.5, 0.6) is 28.7 Å². The summed E-state index contributed by atoms with van der Waals surface area (Å²) in [6, 6.07) is 28.2. The molecule has 5 aromatic carbocycles. The zero-order valence-electron chi connectivity index (χ0n) is 36.0. The summed E-state index contributed by atoms with van der Waals surface area (Å²) in [6.45, 7) is 0.412. The van der Waals surface area contributed by atoms with Gasteiger partial charge in [0.15, 0.2) is 34.5 Å². The van der Waals surface area contributed by atoms with E-state index in [4.69, 9.17) is 28.4 Å². The number of carbonyl (C=O) groups is 5. The van der Waals surface area contributed by atoms with Gasteiger partial charge in [-0.05, 0) is 71.3 Å². The highest BCUT2D eigenvalue weighted by molar-refractivity contribution is 6.27. The minimum atomic E-state index is -0.633. The second-order valence-corrected chi connectivity index (χ2v) is 14.8. The first-order valence-electron chi connectivity index (χ1n) is 20.4. The third kappa shape index (κ3) is 9.30. The molecule has 0 spiro atoms. The maximum absolute atomic E-state index is 13.4. The Morgan fingerprint density at radius 1 is 0.621 bits per heavy atom. The number of esters is 2. The molecule has 332 valence electrons. The van der Waals surface area contributed by atoms with Crippen LogP contribution in [0.25, 0.3) is 6.08 Å². The van der Waals surface area contributed by atoms with Gasteiger partial charge in [0.1, 0.15) is 5.69 Å². The van der Waals surface area contributed by atoms with Crippen molar-refractivity contribution in [3.63, 3.8) is 0 Å². The Labute approximate surface area is 377 Å². The number of hydrogen-bond acceptors (Lipinski definition) is 15. The topological polar surface area (TPSA) is 202 Å². The molecule has 0 fully saturated rings. The number of benzene rings is 5. The van der Waals surface area contributed by atoms with E-state index in [1.54, 1.807) is 114 Å². The Morgan fingerprint density at radius 2 is 1.29 bits per heavy atom. The first-order chi connectivity index (χ1) is 32.1. The third-order valence-electron chi connectivity index (χ3n) is 10.5. The van der Waals surface area contributed by atoms with E-state index in [1.165, 1.54) is 39.2 Å². The number of nitrogens with zero attached hydrogens (tertiary/aromatic N) is 6. The van der Waals surface area contributed by atoms with Crippen LogP contribution in [-0.2, 0) is 24.2 Å². The fourth-order valence-electron chi connectivity index (χ4n) is 7.28. The number of ketones is 3. The van der Waals surface area contributed by atoms with E-state index >= 15 is 0 Å². The van der Waals surface area contributed by atoms with Crippen LogP contribution in [-0.4, -0.2) is 94.3 Å². The number of rotatable bonds is 17. The van der Waals surface area contributed by atoms with Crippen molar-refractivity contribution < 1.29 is 52.4 Å². The molecule has 0 amide bonds. The highest BCUT2D eigenvalue weighted by Crippen LogP contribution is 2.38. The van der Waals surface area contributed by atoms with E-state index in [2.05, 4.69) is 20.6 Å². The summed E-state index contributed by atoms with van der Waals surface area (Å²) in [4.78, 5) is 65.8. The molecule has 66 heavy (non-hydrogen) atoms. The lowest BCUT2D eigenvalue weighted by Crippen LogP contribution is -2.23. The van der Waals surface area contributed by atoms with Gasteiger partial charge in [-0.2, -0.15) is 0 Å². The summed E-state index contributed by atoms with van der Waals surface area (Å²) in [7, 11) is 5.86. The number of aromatic nitrogens is 6. The molecule has 17 nitrogen and oxygen atoms in total. The lowest BCUT2D eigenvalue weighted by molar-refractivity contribution is 0.0507. The Kier molecular flexibility index (Phi) is 12.9. The monoisotopic (exact) mass is 888 g/mol. The van der Waals surface area contributed by atoms with Crippen molar-refractivity contribution in [2.24, 2.45) is 0 Å². The third-order valence-corrected chi connectivity index (χ3v) is 10.5. The second kappa shape index (κ2) is 19.3. The van der Waals surface area contributed by atoms with Crippen LogP contribution in [0.2, 0.25) is 0 Å². The minimum Gasteiger partial charge on any atom is -0.493 e. The van der Waals surface area contributed by atoms with Gasteiger partial charge in [-0.3, -0.25) is 14.4 Å². The summed E-state index contributed by atoms with van der Waals surface area (Å²) in [5.41, 5.74) is 4.12. The van der Waals surface area contributed by atoms with E-state index in [9.17, 15) is 24.0 Å². The minimum absolute atomic E-state index is 0.00210. The zero-order valence-corrected chi connectivity index (χ0v) is 36.0. The molecule has 7 aromatic rings. The van der Waals surface area contributed by atoms with Gasteiger partial charge in [-0.1, -0.05) is 71.1 Å². The molecule has 0 atom stereocenters. The number of ether oxygens (including phenoxy) is 6. The Hall–Kier alpha value is -8.73. The molecule has 0 radical (unpaired) electrons. The molecule has 2 aromatic heterocycles. The summed E-state index contributed by atoms with van der Waals surface area (Å²) >= 11 is 0. The summed E-state index contributed by atoms with van der Waals surface area (Å²) in [5, 5.41) is 16.5. The Balaban J connectivity index is 0.850. The van der Waals surface area contributed by atoms with Crippen LogP contribution in [0, 0.1) is 0 Å². The van der Waals surface area contributed by atoms with Gasteiger partial charge in [0.05, 0.1) is 65.0 Å². The highest BCUT2D eigenvalue weighted by Gasteiger charge is 2.35.